The number of benzene rings is 2. The van der Waals surface area contributed by atoms with Crippen LogP contribution >= 0.6 is 55.1 Å². The van der Waals surface area contributed by atoms with E-state index in [4.69, 9.17) is 23.2 Å². The fourth-order valence-electron chi connectivity index (χ4n) is 2.40. The van der Waals surface area contributed by atoms with Crippen molar-refractivity contribution in [3.63, 3.8) is 0 Å². The Morgan fingerprint density at radius 1 is 0.952 bits per heavy atom. The van der Waals surface area contributed by atoms with Crippen molar-refractivity contribution in [3.8, 4) is 0 Å². The Bertz CT molecular complexity index is 622. The fourth-order valence-corrected chi connectivity index (χ4v) is 4.70. The lowest BCUT2D eigenvalue weighted by Gasteiger charge is -2.31. The van der Waals surface area contributed by atoms with Gasteiger partial charge >= 0.3 is 0 Å². The second-order valence-electron chi connectivity index (χ2n) is 5.34. The van der Waals surface area contributed by atoms with Crippen molar-refractivity contribution in [1.82, 2.24) is 0 Å². The molecule has 0 heterocycles. The minimum absolute atomic E-state index is 0.0107. The maximum Gasteiger partial charge on any atom is 0.0595 e. The van der Waals surface area contributed by atoms with E-state index in [9.17, 15) is 0 Å². The topological polar surface area (TPSA) is 0 Å². The van der Waals surface area contributed by atoms with Crippen molar-refractivity contribution in [2.75, 3.05) is 10.7 Å². The molecule has 0 amide bonds. The summed E-state index contributed by atoms with van der Waals surface area (Å²) in [7, 11) is 0. The molecule has 4 heteroatoms. The average molecular weight is 451 g/mol. The molecule has 0 fully saturated rings. The first-order valence-electron chi connectivity index (χ1n) is 6.64. The van der Waals surface area contributed by atoms with Crippen molar-refractivity contribution in [1.29, 1.82) is 0 Å². The van der Waals surface area contributed by atoms with Gasteiger partial charge in [-0.25, -0.2) is 0 Å². The smallest absolute Gasteiger partial charge is 0.0595 e. The van der Waals surface area contributed by atoms with E-state index in [0.29, 0.717) is 10.0 Å². The van der Waals surface area contributed by atoms with Crippen LogP contribution in [0.2, 0.25) is 10.0 Å². The molecule has 2 rings (SSSR count). The number of hydrogen-bond acceptors (Lipinski definition) is 0. The number of hydrogen-bond donors (Lipinski definition) is 0. The van der Waals surface area contributed by atoms with E-state index in [1.807, 2.05) is 18.2 Å². The molecule has 0 aliphatic carbocycles. The maximum absolute atomic E-state index is 6.14. The van der Waals surface area contributed by atoms with Gasteiger partial charge in [0.1, 0.15) is 0 Å². The van der Waals surface area contributed by atoms with Crippen LogP contribution in [0, 0.1) is 6.92 Å². The Balaban J connectivity index is 2.40. The van der Waals surface area contributed by atoms with Crippen molar-refractivity contribution in [3.05, 3.63) is 69.2 Å². The molecule has 112 valence electrons. The van der Waals surface area contributed by atoms with Crippen molar-refractivity contribution >= 4 is 55.1 Å². The van der Waals surface area contributed by atoms with Gasteiger partial charge in [-0.15, -0.1) is 0 Å². The third-order valence-electron chi connectivity index (χ3n) is 3.67. The summed E-state index contributed by atoms with van der Waals surface area (Å²) >= 11 is 19.5. The molecule has 21 heavy (non-hydrogen) atoms. The van der Waals surface area contributed by atoms with E-state index in [-0.39, 0.29) is 5.41 Å². The average Bonchev–Trinajstić information content (AvgIpc) is 2.48. The van der Waals surface area contributed by atoms with Gasteiger partial charge in [0.05, 0.1) is 10.0 Å². The van der Waals surface area contributed by atoms with E-state index in [1.165, 1.54) is 16.7 Å². The first-order valence-corrected chi connectivity index (χ1v) is 9.63. The van der Waals surface area contributed by atoms with Gasteiger partial charge in [0.15, 0.2) is 0 Å². The van der Waals surface area contributed by atoms with Crippen LogP contribution in [-0.2, 0) is 11.8 Å². The second kappa shape index (κ2) is 7.50. The molecule has 0 aliphatic heterocycles. The molecular weight excluding hydrogens is 435 g/mol. The summed E-state index contributed by atoms with van der Waals surface area (Å²) < 4.78 is 0. The first kappa shape index (κ1) is 17.3. The molecule has 2 aromatic rings. The molecule has 0 nitrogen and oxygen atoms in total. The number of aryl methyl sites for hydroxylation is 1. The van der Waals surface area contributed by atoms with Gasteiger partial charge in [0, 0.05) is 16.1 Å². The van der Waals surface area contributed by atoms with Crippen LogP contribution in [0.25, 0.3) is 0 Å². The summed E-state index contributed by atoms with van der Waals surface area (Å²) in [6.07, 6.45) is 0.893. The molecule has 0 saturated carbocycles. The highest BCUT2D eigenvalue weighted by Crippen LogP contribution is 2.34. The minimum atomic E-state index is -0.0107. The largest absolute Gasteiger partial charge is 0.0918 e. The Kier molecular flexibility index (Phi) is 6.19. The van der Waals surface area contributed by atoms with Crippen LogP contribution in [-0.4, -0.2) is 10.7 Å². The van der Waals surface area contributed by atoms with Gasteiger partial charge in [-0.2, -0.15) is 0 Å². The van der Waals surface area contributed by atoms with Crippen molar-refractivity contribution in [2.24, 2.45) is 0 Å². The highest BCUT2D eigenvalue weighted by molar-refractivity contribution is 9.09. The molecular formula is C17H16Br2Cl2. The monoisotopic (exact) mass is 448 g/mol. The van der Waals surface area contributed by atoms with Crippen LogP contribution in [0.1, 0.15) is 16.7 Å². The van der Waals surface area contributed by atoms with E-state index in [1.54, 1.807) is 0 Å². The summed E-state index contributed by atoms with van der Waals surface area (Å²) in [6, 6.07) is 14.5. The molecule has 0 radical (unpaired) electrons. The third kappa shape index (κ3) is 4.04. The summed E-state index contributed by atoms with van der Waals surface area (Å²) in [5.74, 6) is 0. The molecule has 0 aromatic heterocycles. The highest BCUT2D eigenvalue weighted by atomic mass is 79.9. The van der Waals surface area contributed by atoms with Gasteiger partial charge in [0.25, 0.3) is 0 Å². The normalized spacial score (nSPS) is 11.7. The zero-order valence-electron chi connectivity index (χ0n) is 11.7. The predicted octanol–water partition coefficient (Wildman–Crippen LogP) is 6.57. The lowest BCUT2D eigenvalue weighted by Crippen LogP contribution is -2.33. The van der Waals surface area contributed by atoms with Gasteiger partial charge in [0.2, 0.25) is 0 Å². The fraction of sp³-hybridized carbons (Fsp3) is 0.294. The molecule has 0 saturated heterocycles. The SMILES string of the molecule is Cc1cccc(C(CBr)(CBr)Cc2ccc(Cl)c(Cl)c2)c1. The Morgan fingerprint density at radius 2 is 1.67 bits per heavy atom. The number of rotatable bonds is 5. The van der Waals surface area contributed by atoms with E-state index in [2.05, 4.69) is 63.0 Å². The summed E-state index contributed by atoms with van der Waals surface area (Å²) in [4.78, 5) is 0. The second-order valence-corrected chi connectivity index (χ2v) is 7.28. The molecule has 0 unspecified atom stereocenters. The van der Waals surface area contributed by atoms with Gasteiger partial charge < -0.3 is 0 Å². The van der Waals surface area contributed by atoms with Crippen LogP contribution in [0.3, 0.4) is 0 Å². The van der Waals surface area contributed by atoms with Crippen LogP contribution in [0.15, 0.2) is 42.5 Å². The quantitative estimate of drug-likeness (QED) is 0.452. The molecule has 0 bridgehead atoms. The predicted molar refractivity (Wildman–Crippen MR) is 101 cm³/mol. The molecule has 0 N–H and O–H groups in total. The lowest BCUT2D eigenvalue weighted by molar-refractivity contribution is 0.551. The van der Waals surface area contributed by atoms with Crippen LogP contribution in [0.5, 0.6) is 0 Å². The van der Waals surface area contributed by atoms with E-state index < -0.39 is 0 Å². The van der Waals surface area contributed by atoms with Crippen LogP contribution in [0.4, 0.5) is 0 Å². The number of halogens is 4. The van der Waals surface area contributed by atoms with Crippen molar-refractivity contribution in [2.45, 2.75) is 18.8 Å². The van der Waals surface area contributed by atoms with Crippen LogP contribution < -0.4 is 0 Å². The minimum Gasteiger partial charge on any atom is -0.0918 e. The molecule has 0 spiro atoms. The summed E-state index contributed by atoms with van der Waals surface area (Å²) in [5, 5.41) is 2.94. The highest BCUT2D eigenvalue weighted by Gasteiger charge is 2.30. The van der Waals surface area contributed by atoms with E-state index in [0.717, 1.165) is 17.1 Å². The first-order chi connectivity index (χ1) is 10.0. The standard InChI is InChI=1S/C17H16Br2Cl2/c1-12-3-2-4-14(7-12)17(10-18,11-19)9-13-5-6-15(20)16(21)8-13/h2-8H,9-11H2,1H3. The van der Waals surface area contributed by atoms with Crippen molar-refractivity contribution < 1.29 is 0 Å². The molecule has 0 atom stereocenters. The van der Waals surface area contributed by atoms with Gasteiger partial charge in [-0.05, 0) is 36.6 Å². The molecule has 0 aliphatic rings. The zero-order valence-corrected chi connectivity index (χ0v) is 16.4. The Morgan fingerprint density at radius 3 is 2.24 bits per heavy atom. The summed E-state index contributed by atoms with van der Waals surface area (Å²) in [6.45, 7) is 2.12. The Labute approximate surface area is 153 Å². The third-order valence-corrected chi connectivity index (χ3v) is 6.55. The maximum atomic E-state index is 6.14. The summed E-state index contributed by atoms with van der Waals surface area (Å²) in [5.41, 5.74) is 3.77. The zero-order chi connectivity index (χ0) is 15.5. The van der Waals surface area contributed by atoms with Gasteiger partial charge in [-0.3, -0.25) is 0 Å². The number of alkyl halides is 2. The van der Waals surface area contributed by atoms with Gasteiger partial charge in [-0.1, -0.05) is 91.0 Å². The molecule has 2 aromatic carbocycles. The Hall–Kier alpha value is -0.0200. The lowest BCUT2D eigenvalue weighted by atomic mass is 9.78. The van der Waals surface area contributed by atoms with E-state index >= 15 is 0 Å².